The third-order valence-electron chi connectivity index (χ3n) is 4.60. The van der Waals surface area contributed by atoms with E-state index in [9.17, 15) is 0 Å². The fourth-order valence-electron chi connectivity index (χ4n) is 3.19. The van der Waals surface area contributed by atoms with Crippen LogP contribution >= 0.6 is 0 Å². The normalized spacial score (nSPS) is 16.3. The van der Waals surface area contributed by atoms with E-state index >= 15 is 0 Å². The van der Waals surface area contributed by atoms with Crippen molar-refractivity contribution in [1.29, 1.82) is 0 Å². The number of nitrogens with one attached hydrogen (secondary N) is 2. The summed E-state index contributed by atoms with van der Waals surface area (Å²) in [5.74, 6) is 1.49. The van der Waals surface area contributed by atoms with Gasteiger partial charge in [-0.1, -0.05) is 13.0 Å². The summed E-state index contributed by atoms with van der Waals surface area (Å²) in [6.07, 6.45) is 5.27. The predicted octanol–water partition coefficient (Wildman–Crippen LogP) is 2.04. The number of piperidine rings is 1. The van der Waals surface area contributed by atoms with Gasteiger partial charge in [-0.05, 0) is 38.8 Å². The molecule has 1 aromatic heterocycles. The van der Waals surface area contributed by atoms with E-state index in [-0.39, 0.29) is 0 Å². The number of pyridine rings is 1. The van der Waals surface area contributed by atoms with Gasteiger partial charge in [0.2, 0.25) is 5.88 Å². The number of hydrogen-bond acceptors (Lipinski definition) is 5. The van der Waals surface area contributed by atoms with Crippen LogP contribution in [0.25, 0.3) is 0 Å². The van der Waals surface area contributed by atoms with Crippen LogP contribution in [0, 0.1) is 0 Å². The molecule has 152 valence electrons. The quantitative estimate of drug-likeness (QED) is 0.369. The molecular formula is C20H35N5O2. The summed E-state index contributed by atoms with van der Waals surface area (Å²) in [4.78, 5) is 11.6. The molecule has 1 saturated heterocycles. The highest BCUT2D eigenvalue weighted by Crippen LogP contribution is 2.15. The minimum atomic E-state index is 0.474. The van der Waals surface area contributed by atoms with E-state index < -0.39 is 0 Å². The zero-order valence-electron chi connectivity index (χ0n) is 17.0. The molecule has 1 aliphatic heterocycles. The summed E-state index contributed by atoms with van der Waals surface area (Å²) >= 11 is 0. The van der Waals surface area contributed by atoms with Crippen LogP contribution in [-0.2, 0) is 11.3 Å². The number of methoxy groups -OCH3 is 1. The van der Waals surface area contributed by atoms with Crippen LogP contribution in [-0.4, -0.2) is 68.4 Å². The Hall–Kier alpha value is -1.86. The molecule has 0 aliphatic carbocycles. The number of ether oxygens (including phenoxy) is 2. The smallest absolute Gasteiger partial charge is 0.218 e. The van der Waals surface area contributed by atoms with Crippen molar-refractivity contribution in [3.63, 3.8) is 0 Å². The molecule has 1 fully saturated rings. The minimum absolute atomic E-state index is 0.474. The second-order valence-electron chi connectivity index (χ2n) is 6.76. The van der Waals surface area contributed by atoms with Gasteiger partial charge in [-0.15, -0.1) is 0 Å². The van der Waals surface area contributed by atoms with Crippen molar-refractivity contribution in [3.8, 4) is 5.88 Å². The van der Waals surface area contributed by atoms with Gasteiger partial charge in [0.15, 0.2) is 5.96 Å². The molecule has 0 amide bonds. The number of aliphatic imine (C=N–C) groups is 1. The molecule has 0 spiro atoms. The highest BCUT2D eigenvalue weighted by molar-refractivity contribution is 5.80. The topological polar surface area (TPSA) is 71.0 Å². The van der Waals surface area contributed by atoms with E-state index in [2.05, 4.69) is 34.4 Å². The SMILES string of the molecule is CCCN1CCC(NC(=NCc2cccnc2OCCOC)NCC)CC1. The molecule has 1 aromatic rings. The van der Waals surface area contributed by atoms with Crippen LogP contribution in [0.4, 0.5) is 0 Å². The first-order valence-corrected chi connectivity index (χ1v) is 10.1. The van der Waals surface area contributed by atoms with E-state index in [1.165, 1.54) is 13.0 Å². The summed E-state index contributed by atoms with van der Waals surface area (Å²) in [7, 11) is 1.66. The van der Waals surface area contributed by atoms with Gasteiger partial charge in [0.25, 0.3) is 0 Å². The number of rotatable bonds is 10. The lowest BCUT2D eigenvalue weighted by atomic mass is 10.1. The molecule has 1 aliphatic rings. The van der Waals surface area contributed by atoms with E-state index in [4.69, 9.17) is 14.5 Å². The van der Waals surface area contributed by atoms with Crippen LogP contribution < -0.4 is 15.4 Å². The van der Waals surface area contributed by atoms with Crippen LogP contribution in [0.3, 0.4) is 0 Å². The molecule has 2 N–H and O–H groups in total. The van der Waals surface area contributed by atoms with Gasteiger partial charge in [0, 0.05) is 44.5 Å². The van der Waals surface area contributed by atoms with Gasteiger partial charge in [-0.25, -0.2) is 9.98 Å². The fraction of sp³-hybridized carbons (Fsp3) is 0.700. The predicted molar refractivity (Wildman–Crippen MR) is 109 cm³/mol. The first kappa shape index (κ1) is 21.4. The molecule has 2 heterocycles. The maximum Gasteiger partial charge on any atom is 0.218 e. The van der Waals surface area contributed by atoms with Gasteiger partial charge < -0.3 is 25.0 Å². The van der Waals surface area contributed by atoms with Crippen molar-refractivity contribution in [2.24, 2.45) is 4.99 Å². The first-order valence-electron chi connectivity index (χ1n) is 10.1. The van der Waals surface area contributed by atoms with Gasteiger partial charge in [0.1, 0.15) is 6.61 Å². The first-order chi connectivity index (χ1) is 13.3. The molecule has 0 aromatic carbocycles. The molecule has 27 heavy (non-hydrogen) atoms. The zero-order chi connectivity index (χ0) is 19.3. The van der Waals surface area contributed by atoms with Crippen LogP contribution in [0.2, 0.25) is 0 Å². The summed E-state index contributed by atoms with van der Waals surface area (Å²) in [5.41, 5.74) is 0.976. The molecule has 7 nitrogen and oxygen atoms in total. The number of guanidine groups is 1. The minimum Gasteiger partial charge on any atom is -0.475 e. The Morgan fingerprint density at radius 3 is 2.81 bits per heavy atom. The van der Waals surface area contributed by atoms with Crippen molar-refractivity contribution < 1.29 is 9.47 Å². The Bertz CT molecular complexity index is 559. The average Bonchev–Trinajstić information content (AvgIpc) is 2.69. The summed E-state index contributed by atoms with van der Waals surface area (Å²) < 4.78 is 10.7. The zero-order valence-corrected chi connectivity index (χ0v) is 17.0. The molecular weight excluding hydrogens is 342 g/mol. The lowest BCUT2D eigenvalue weighted by molar-refractivity contribution is 0.143. The van der Waals surface area contributed by atoms with E-state index in [1.807, 2.05) is 12.1 Å². The standard InChI is InChI=1S/C20H35N5O2/c1-4-11-25-12-8-18(9-13-25)24-20(21-5-2)23-16-17-7-6-10-22-19(17)27-15-14-26-3/h6-7,10,18H,4-5,8-9,11-16H2,1-3H3,(H2,21,23,24). The van der Waals surface area contributed by atoms with E-state index in [1.54, 1.807) is 13.3 Å². The lowest BCUT2D eigenvalue weighted by Crippen LogP contribution is -2.48. The molecule has 0 saturated carbocycles. The van der Waals surface area contributed by atoms with Crippen LogP contribution in [0.15, 0.2) is 23.3 Å². The number of nitrogens with zero attached hydrogens (tertiary/aromatic N) is 3. The van der Waals surface area contributed by atoms with Crippen molar-refractivity contribution in [3.05, 3.63) is 23.9 Å². The van der Waals surface area contributed by atoms with Gasteiger partial charge in [-0.3, -0.25) is 0 Å². The molecule has 0 atom stereocenters. The Labute approximate surface area is 163 Å². The van der Waals surface area contributed by atoms with E-state index in [0.717, 1.165) is 44.0 Å². The molecule has 0 radical (unpaired) electrons. The van der Waals surface area contributed by atoms with Gasteiger partial charge in [0.05, 0.1) is 13.2 Å². The van der Waals surface area contributed by atoms with Crippen LogP contribution in [0.5, 0.6) is 5.88 Å². The highest BCUT2D eigenvalue weighted by atomic mass is 16.5. The number of aromatic nitrogens is 1. The van der Waals surface area contributed by atoms with Crippen molar-refractivity contribution in [1.82, 2.24) is 20.5 Å². The van der Waals surface area contributed by atoms with Crippen molar-refractivity contribution in [2.45, 2.75) is 45.7 Å². The molecule has 0 bridgehead atoms. The largest absolute Gasteiger partial charge is 0.475 e. The second-order valence-corrected chi connectivity index (χ2v) is 6.76. The number of likely N-dealkylation sites (tertiary alicyclic amines) is 1. The highest BCUT2D eigenvalue weighted by Gasteiger charge is 2.19. The monoisotopic (exact) mass is 377 g/mol. The summed E-state index contributed by atoms with van der Waals surface area (Å²) in [5, 5.41) is 6.94. The summed E-state index contributed by atoms with van der Waals surface area (Å²) in [6.45, 7) is 10.2. The van der Waals surface area contributed by atoms with Crippen LogP contribution in [0.1, 0.15) is 38.7 Å². The van der Waals surface area contributed by atoms with E-state index in [0.29, 0.717) is 31.7 Å². The van der Waals surface area contributed by atoms with Crippen molar-refractivity contribution >= 4 is 5.96 Å². The Kier molecular flexibility index (Phi) is 9.94. The molecule has 0 unspecified atom stereocenters. The second kappa shape index (κ2) is 12.5. The fourth-order valence-corrected chi connectivity index (χ4v) is 3.19. The lowest BCUT2D eigenvalue weighted by Gasteiger charge is -2.32. The maximum absolute atomic E-state index is 5.70. The molecule has 2 rings (SSSR count). The van der Waals surface area contributed by atoms with Gasteiger partial charge >= 0.3 is 0 Å². The Balaban J connectivity index is 1.92. The van der Waals surface area contributed by atoms with Crippen molar-refractivity contribution in [2.75, 3.05) is 46.5 Å². The number of hydrogen-bond donors (Lipinski definition) is 2. The third kappa shape index (κ3) is 7.72. The maximum atomic E-state index is 5.70. The Morgan fingerprint density at radius 2 is 2.11 bits per heavy atom. The van der Waals surface area contributed by atoms with Gasteiger partial charge in [-0.2, -0.15) is 0 Å². The summed E-state index contributed by atoms with van der Waals surface area (Å²) in [6, 6.07) is 4.39. The third-order valence-corrected chi connectivity index (χ3v) is 4.60. The Morgan fingerprint density at radius 1 is 1.30 bits per heavy atom. The average molecular weight is 378 g/mol. The molecule has 7 heteroatoms.